The number of nitriles is 1. The minimum Gasteiger partial charge on any atom is -0.312 e. The SMILES string of the molecule is CC1CCC(NCC(C)(C)C#N)C(C)C1. The maximum atomic E-state index is 8.94. The first kappa shape index (κ1) is 12.5. The molecule has 15 heavy (non-hydrogen) atoms. The summed E-state index contributed by atoms with van der Waals surface area (Å²) in [5.74, 6) is 1.63. The average Bonchev–Trinajstić information content (AvgIpc) is 2.16. The molecule has 0 radical (unpaired) electrons. The van der Waals surface area contributed by atoms with E-state index in [0.717, 1.165) is 18.4 Å². The molecule has 1 fully saturated rings. The third-order valence-electron chi connectivity index (χ3n) is 3.54. The van der Waals surface area contributed by atoms with Crippen LogP contribution in [0.1, 0.15) is 47.0 Å². The summed E-state index contributed by atoms with van der Waals surface area (Å²) in [7, 11) is 0. The predicted octanol–water partition coefficient (Wildman–Crippen LogP) is 2.95. The summed E-state index contributed by atoms with van der Waals surface area (Å²) in [4.78, 5) is 0. The van der Waals surface area contributed by atoms with Gasteiger partial charge < -0.3 is 5.32 Å². The van der Waals surface area contributed by atoms with Gasteiger partial charge in [-0.3, -0.25) is 0 Å². The fourth-order valence-corrected chi connectivity index (χ4v) is 2.39. The molecule has 3 unspecified atom stereocenters. The highest BCUT2D eigenvalue weighted by atomic mass is 14.9. The van der Waals surface area contributed by atoms with E-state index < -0.39 is 0 Å². The Hall–Kier alpha value is -0.550. The zero-order valence-corrected chi connectivity index (χ0v) is 10.5. The summed E-state index contributed by atoms with van der Waals surface area (Å²) in [6.45, 7) is 9.47. The Morgan fingerprint density at radius 2 is 2.00 bits per heavy atom. The highest BCUT2D eigenvalue weighted by molar-refractivity contribution is 4.94. The summed E-state index contributed by atoms with van der Waals surface area (Å²) >= 11 is 0. The smallest absolute Gasteiger partial charge is 0.0697 e. The molecule has 2 heteroatoms. The zero-order valence-electron chi connectivity index (χ0n) is 10.5. The molecule has 0 aromatic heterocycles. The fourth-order valence-electron chi connectivity index (χ4n) is 2.39. The normalized spacial score (nSPS) is 32.3. The Labute approximate surface area is 94.1 Å². The van der Waals surface area contributed by atoms with Gasteiger partial charge in [0.05, 0.1) is 11.5 Å². The summed E-state index contributed by atoms with van der Waals surface area (Å²) < 4.78 is 0. The molecule has 1 saturated carbocycles. The van der Waals surface area contributed by atoms with Crippen LogP contribution in [-0.4, -0.2) is 12.6 Å². The molecular formula is C13H24N2. The quantitative estimate of drug-likeness (QED) is 0.774. The minimum absolute atomic E-state index is 0.233. The van der Waals surface area contributed by atoms with Gasteiger partial charge in [-0.15, -0.1) is 0 Å². The fraction of sp³-hybridized carbons (Fsp3) is 0.923. The molecule has 3 atom stereocenters. The van der Waals surface area contributed by atoms with Crippen LogP contribution in [0.25, 0.3) is 0 Å². The molecule has 0 aromatic rings. The highest BCUT2D eigenvalue weighted by Crippen LogP contribution is 2.29. The predicted molar refractivity (Wildman–Crippen MR) is 63.4 cm³/mol. The van der Waals surface area contributed by atoms with Gasteiger partial charge in [0.1, 0.15) is 0 Å². The van der Waals surface area contributed by atoms with Crippen molar-refractivity contribution < 1.29 is 0 Å². The van der Waals surface area contributed by atoms with Crippen molar-refractivity contribution in [3.05, 3.63) is 0 Å². The molecule has 0 aromatic carbocycles. The van der Waals surface area contributed by atoms with Crippen molar-refractivity contribution in [1.82, 2.24) is 5.32 Å². The van der Waals surface area contributed by atoms with Gasteiger partial charge in [0.25, 0.3) is 0 Å². The van der Waals surface area contributed by atoms with Crippen LogP contribution in [-0.2, 0) is 0 Å². The van der Waals surface area contributed by atoms with E-state index in [-0.39, 0.29) is 5.41 Å². The van der Waals surface area contributed by atoms with E-state index in [1.54, 1.807) is 0 Å². The molecule has 1 aliphatic rings. The van der Waals surface area contributed by atoms with Gasteiger partial charge in [-0.05, 0) is 44.9 Å². The minimum atomic E-state index is -0.233. The molecule has 86 valence electrons. The topological polar surface area (TPSA) is 35.8 Å². The van der Waals surface area contributed by atoms with Gasteiger partial charge >= 0.3 is 0 Å². The molecule has 0 bridgehead atoms. The zero-order chi connectivity index (χ0) is 11.5. The van der Waals surface area contributed by atoms with Gasteiger partial charge in [0.15, 0.2) is 0 Å². The monoisotopic (exact) mass is 208 g/mol. The van der Waals surface area contributed by atoms with Gasteiger partial charge in [0, 0.05) is 12.6 Å². The van der Waals surface area contributed by atoms with E-state index in [4.69, 9.17) is 5.26 Å². The van der Waals surface area contributed by atoms with Gasteiger partial charge in [-0.1, -0.05) is 13.8 Å². The second-order valence-electron chi connectivity index (χ2n) is 5.88. The lowest BCUT2D eigenvalue weighted by molar-refractivity contribution is 0.217. The van der Waals surface area contributed by atoms with Crippen LogP contribution in [0.5, 0.6) is 0 Å². The second kappa shape index (κ2) is 4.99. The summed E-state index contributed by atoms with van der Waals surface area (Å²) in [6.07, 6.45) is 3.92. The molecule has 0 spiro atoms. The van der Waals surface area contributed by atoms with Crippen LogP contribution < -0.4 is 5.32 Å². The molecule has 0 amide bonds. The van der Waals surface area contributed by atoms with Crippen molar-refractivity contribution >= 4 is 0 Å². The molecular weight excluding hydrogens is 184 g/mol. The van der Waals surface area contributed by atoms with Gasteiger partial charge in [0.2, 0.25) is 0 Å². The van der Waals surface area contributed by atoms with Crippen LogP contribution in [0.2, 0.25) is 0 Å². The maximum absolute atomic E-state index is 8.94. The van der Waals surface area contributed by atoms with Gasteiger partial charge in [-0.2, -0.15) is 5.26 Å². The van der Waals surface area contributed by atoms with Crippen LogP contribution >= 0.6 is 0 Å². The Balaban J connectivity index is 2.37. The van der Waals surface area contributed by atoms with E-state index in [2.05, 4.69) is 25.2 Å². The largest absolute Gasteiger partial charge is 0.312 e. The number of rotatable bonds is 3. The van der Waals surface area contributed by atoms with Crippen molar-refractivity contribution in [3.8, 4) is 6.07 Å². The number of nitrogens with one attached hydrogen (secondary N) is 1. The first-order valence-corrected chi connectivity index (χ1v) is 6.09. The van der Waals surface area contributed by atoms with Crippen LogP contribution in [0.4, 0.5) is 0 Å². The molecule has 0 saturated heterocycles. The first-order valence-electron chi connectivity index (χ1n) is 6.09. The van der Waals surface area contributed by atoms with E-state index >= 15 is 0 Å². The van der Waals surface area contributed by atoms with Crippen molar-refractivity contribution in [2.24, 2.45) is 17.3 Å². The lowest BCUT2D eigenvalue weighted by Crippen LogP contribution is -2.42. The molecule has 1 aliphatic carbocycles. The molecule has 0 heterocycles. The highest BCUT2D eigenvalue weighted by Gasteiger charge is 2.26. The molecule has 1 rings (SSSR count). The lowest BCUT2D eigenvalue weighted by atomic mass is 9.79. The standard InChI is InChI=1S/C13H24N2/c1-10-5-6-12(11(2)7-10)15-9-13(3,4)8-14/h10-12,15H,5-7,9H2,1-4H3. The Kier molecular flexibility index (Phi) is 4.16. The number of hydrogen-bond donors (Lipinski definition) is 1. The van der Waals surface area contributed by atoms with Crippen LogP contribution in [0, 0.1) is 28.6 Å². The molecule has 1 N–H and O–H groups in total. The third-order valence-corrected chi connectivity index (χ3v) is 3.54. The van der Waals surface area contributed by atoms with E-state index in [1.807, 2.05) is 13.8 Å². The van der Waals surface area contributed by atoms with Gasteiger partial charge in [-0.25, -0.2) is 0 Å². The summed E-state index contributed by atoms with van der Waals surface area (Å²) in [5, 5.41) is 12.5. The maximum Gasteiger partial charge on any atom is 0.0697 e. The van der Waals surface area contributed by atoms with E-state index in [1.165, 1.54) is 19.3 Å². The molecule has 2 nitrogen and oxygen atoms in total. The lowest BCUT2D eigenvalue weighted by Gasteiger charge is -2.34. The summed E-state index contributed by atoms with van der Waals surface area (Å²) in [5.41, 5.74) is -0.233. The first-order chi connectivity index (χ1) is 6.94. The molecule has 0 aliphatic heterocycles. The third kappa shape index (κ3) is 3.83. The Morgan fingerprint density at radius 3 is 2.53 bits per heavy atom. The van der Waals surface area contributed by atoms with E-state index in [0.29, 0.717) is 6.04 Å². The van der Waals surface area contributed by atoms with Crippen molar-refractivity contribution in [2.75, 3.05) is 6.54 Å². The number of nitrogens with zero attached hydrogens (tertiary/aromatic N) is 1. The Bertz CT molecular complexity index is 239. The second-order valence-corrected chi connectivity index (χ2v) is 5.88. The Morgan fingerprint density at radius 1 is 1.33 bits per heavy atom. The average molecular weight is 208 g/mol. The number of hydrogen-bond acceptors (Lipinski definition) is 2. The van der Waals surface area contributed by atoms with Crippen molar-refractivity contribution in [2.45, 2.75) is 53.0 Å². The summed E-state index contributed by atoms with van der Waals surface area (Å²) in [6, 6.07) is 2.96. The van der Waals surface area contributed by atoms with E-state index in [9.17, 15) is 0 Å². The van der Waals surface area contributed by atoms with Crippen molar-refractivity contribution in [1.29, 1.82) is 5.26 Å². The van der Waals surface area contributed by atoms with Crippen LogP contribution in [0.3, 0.4) is 0 Å². The van der Waals surface area contributed by atoms with Crippen molar-refractivity contribution in [3.63, 3.8) is 0 Å². The van der Waals surface area contributed by atoms with Crippen LogP contribution in [0.15, 0.2) is 0 Å².